The van der Waals surface area contributed by atoms with Crippen LogP contribution in [0.25, 0.3) is 10.9 Å². The van der Waals surface area contributed by atoms with Crippen molar-refractivity contribution >= 4 is 34.8 Å². The normalized spacial score (nSPS) is 18.7. The van der Waals surface area contributed by atoms with E-state index in [4.69, 9.17) is 9.84 Å². The fraction of sp³-hybridized carbons (Fsp3) is 0.438. The maximum absolute atomic E-state index is 14.4. The van der Waals surface area contributed by atoms with E-state index in [0.717, 1.165) is 34.9 Å². The summed E-state index contributed by atoms with van der Waals surface area (Å²) in [4.78, 5) is 53.2. The van der Waals surface area contributed by atoms with Gasteiger partial charge in [0.25, 0.3) is 0 Å². The third-order valence-corrected chi connectivity index (χ3v) is 7.80. The summed E-state index contributed by atoms with van der Waals surface area (Å²) < 4.78 is 19.8. The highest BCUT2D eigenvalue weighted by Crippen LogP contribution is 2.26. The Morgan fingerprint density at radius 1 is 1.05 bits per heavy atom. The van der Waals surface area contributed by atoms with Crippen LogP contribution in [0.4, 0.5) is 9.18 Å². The third-order valence-electron chi connectivity index (χ3n) is 7.80. The van der Waals surface area contributed by atoms with Crippen molar-refractivity contribution in [3.63, 3.8) is 0 Å². The summed E-state index contributed by atoms with van der Waals surface area (Å²) in [7, 11) is 0. The Morgan fingerprint density at radius 3 is 2.51 bits per heavy atom. The highest BCUT2D eigenvalue weighted by Gasteiger charge is 2.38. The van der Waals surface area contributed by atoms with Crippen LogP contribution in [0.15, 0.2) is 60.8 Å². The first-order valence-electron chi connectivity index (χ1n) is 14.7. The molecule has 0 radical (unpaired) electrons. The molecule has 4 atom stereocenters. The monoisotopic (exact) mass is 594 g/mol. The number of alkyl carbamates (subject to hydrolysis) is 1. The molecule has 11 heteroatoms. The zero-order valence-electron chi connectivity index (χ0n) is 24.2. The number of aromatic nitrogens is 1. The molecule has 1 aliphatic rings. The number of amides is 3. The van der Waals surface area contributed by atoms with Crippen LogP contribution in [0.3, 0.4) is 0 Å². The Morgan fingerprint density at radius 2 is 1.77 bits per heavy atom. The van der Waals surface area contributed by atoms with E-state index < -0.39 is 47.7 Å². The minimum absolute atomic E-state index is 0.135. The van der Waals surface area contributed by atoms with Crippen LogP contribution in [0.2, 0.25) is 0 Å². The zero-order chi connectivity index (χ0) is 30.8. The molecular weight excluding hydrogens is 555 g/mol. The average Bonchev–Trinajstić information content (AvgIpc) is 3.39. The van der Waals surface area contributed by atoms with Gasteiger partial charge in [0.1, 0.15) is 17.8 Å². The van der Waals surface area contributed by atoms with E-state index in [0.29, 0.717) is 19.3 Å². The van der Waals surface area contributed by atoms with Crippen LogP contribution in [0.1, 0.15) is 69.0 Å². The van der Waals surface area contributed by atoms with Crippen molar-refractivity contribution in [2.45, 2.75) is 82.1 Å². The number of carboxylic acids is 1. The maximum atomic E-state index is 14.4. The second-order valence-corrected chi connectivity index (χ2v) is 11.2. The van der Waals surface area contributed by atoms with Crippen molar-refractivity contribution < 1.29 is 33.4 Å². The summed E-state index contributed by atoms with van der Waals surface area (Å²) in [5, 5.41) is 18.3. The number of carbonyl (C=O) groups is 4. The standard InChI is InChI=1S/C32H39FN4O6/c1-32(19-22-20-35-26-13-7-5-11-23(22)26,37-31(42)43-27-14-8-6-12-24(27)33)30(41)34-18-17-25(21-9-3-2-4-10-21)36-28(38)15-16-29(39)40/h2-5,7,9-11,13,20,24-25,27,35H,6,8,12,14-19H2,1H3,(H,34,41)(H,36,38)(H,37,42)(H,39,40). The van der Waals surface area contributed by atoms with Crippen LogP contribution < -0.4 is 16.0 Å². The Labute approximate surface area is 249 Å². The van der Waals surface area contributed by atoms with Gasteiger partial charge in [0, 0.05) is 36.5 Å². The molecule has 1 heterocycles. The van der Waals surface area contributed by atoms with Crippen LogP contribution in [-0.4, -0.2) is 58.3 Å². The summed E-state index contributed by atoms with van der Waals surface area (Å²) in [5.41, 5.74) is 1.05. The Kier molecular flexibility index (Phi) is 10.7. The first kappa shape index (κ1) is 31.5. The number of carbonyl (C=O) groups excluding carboxylic acids is 3. The van der Waals surface area contributed by atoms with Crippen molar-refractivity contribution in [2.75, 3.05) is 6.54 Å². The molecule has 3 amide bonds. The number of ether oxygens (including phenoxy) is 1. The van der Waals surface area contributed by atoms with Gasteiger partial charge in [-0.05, 0) is 49.8 Å². The van der Waals surface area contributed by atoms with Gasteiger partial charge in [0.2, 0.25) is 11.8 Å². The molecule has 10 nitrogen and oxygen atoms in total. The molecule has 0 bridgehead atoms. The van der Waals surface area contributed by atoms with E-state index in [1.165, 1.54) is 0 Å². The van der Waals surface area contributed by atoms with Gasteiger partial charge >= 0.3 is 12.1 Å². The number of rotatable bonds is 13. The van der Waals surface area contributed by atoms with Gasteiger partial charge in [0.15, 0.2) is 0 Å². The first-order chi connectivity index (χ1) is 20.6. The molecule has 3 aromatic rings. The van der Waals surface area contributed by atoms with E-state index in [2.05, 4.69) is 20.9 Å². The lowest BCUT2D eigenvalue weighted by Gasteiger charge is -2.32. The van der Waals surface area contributed by atoms with E-state index in [9.17, 15) is 23.6 Å². The third kappa shape index (κ3) is 8.79. The van der Waals surface area contributed by atoms with Crippen LogP contribution >= 0.6 is 0 Å². The smallest absolute Gasteiger partial charge is 0.408 e. The highest BCUT2D eigenvalue weighted by atomic mass is 19.1. The van der Waals surface area contributed by atoms with Gasteiger partial charge in [-0.25, -0.2) is 9.18 Å². The number of benzene rings is 2. The number of para-hydroxylation sites is 1. The number of nitrogens with one attached hydrogen (secondary N) is 4. The van der Waals surface area contributed by atoms with Crippen LogP contribution in [0, 0.1) is 0 Å². The second-order valence-electron chi connectivity index (χ2n) is 11.2. The fourth-order valence-corrected chi connectivity index (χ4v) is 5.44. The Balaban J connectivity index is 1.47. The summed E-state index contributed by atoms with van der Waals surface area (Å²) in [5.74, 6) is -1.95. The number of fused-ring (bicyclic) bond motifs is 1. The maximum Gasteiger partial charge on any atom is 0.408 e. The first-order valence-corrected chi connectivity index (χ1v) is 14.7. The largest absolute Gasteiger partial charge is 0.481 e. The summed E-state index contributed by atoms with van der Waals surface area (Å²) in [6.45, 7) is 1.74. The molecule has 4 unspecified atom stereocenters. The SMILES string of the molecule is CC(Cc1c[nH]c2ccccc12)(NC(=O)OC1CCCCC1F)C(=O)NCCC(NC(=O)CCC(=O)O)c1ccccc1. The molecule has 0 spiro atoms. The number of hydrogen-bond acceptors (Lipinski definition) is 5. The van der Waals surface area contributed by atoms with Crippen LogP contribution in [-0.2, 0) is 25.5 Å². The lowest BCUT2D eigenvalue weighted by molar-refractivity contribution is -0.139. The molecule has 0 aliphatic heterocycles. The van der Waals surface area contributed by atoms with Gasteiger partial charge in [-0.15, -0.1) is 0 Å². The van der Waals surface area contributed by atoms with E-state index in [1.807, 2.05) is 54.6 Å². The fourth-order valence-electron chi connectivity index (χ4n) is 5.44. The number of alkyl halides is 1. The lowest BCUT2D eigenvalue weighted by atomic mass is 9.91. The van der Waals surface area contributed by atoms with Gasteiger partial charge < -0.3 is 30.8 Å². The minimum atomic E-state index is -1.45. The van der Waals surface area contributed by atoms with E-state index in [-0.39, 0.29) is 25.8 Å². The van der Waals surface area contributed by atoms with Crippen molar-refractivity contribution in [1.29, 1.82) is 0 Å². The van der Waals surface area contributed by atoms with Crippen molar-refractivity contribution in [3.8, 4) is 0 Å². The van der Waals surface area contributed by atoms with Crippen LogP contribution in [0.5, 0.6) is 0 Å². The molecule has 1 saturated carbocycles. The number of aromatic amines is 1. The van der Waals surface area contributed by atoms with Crippen molar-refractivity contribution in [2.24, 2.45) is 0 Å². The van der Waals surface area contributed by atoms with Crippen molar-refractivity contribution in [3.05, 3.63) is 71.9 Å². The summed E-state index contributed by atoms with van der Waals surface area (Å²) >= 11 is 0. The summed E-state index contributed by atoms with van der Waals surface area (Å²) in [6.07, 6.45) is 1.10. The summed E-state index contributed by atoms with van der Waals surface area (Å²) in [6, 6.07) is 16.3. The molecule has 0 saturated heterocycles. The molecule has 1 aliphatic carbocycles. The number of aliphatic carboxylic acids is 1. The van der Waals surface area contributed by atoms with Crippen molar-refractivity contribution in [1.82, 2.24) is 20.9 Å². The Hall–Kier alpha value is -4.41. The molecule has 230 valence electrons. The van der Waals surface area contributed by atoms with Gasteiger partial charge in [-0.3, -0.25) is 14.4 Å². The molecule has 1 aromatic heterocycles. The molecule has 4 rings (SSSR count). The molecular formula is C32H39FN4O6. The molecule has 43 heavy (non-hydrogen) atoms. The van der Waals surface area contributed by atoms with Gasteiger partial charge in [0.05, 0.1) is 12.5 Å². The molecule has 1 fully saturated rings. The van der Waals surface area contributed by atoms with E-state index >= 15 is 0 Å². The molecule has 2 aromatic carbocycles. The minimum Gasteiger partial charge on any atom is -0.481 e. The predicted octanol–water partition coefficient (Wildman–Crippen LogP) is 4.70. The van der Waals surface area contributed by atoms with Gasteiger partial charge in [-0.1, -0.05) is 55.0 Å². The zero-order valence-corrected chi connectivity index (χ0v) is 24.2. The van der Waals surface area contributed by atoms with Gasteiger partial charge in [-0.2, -0.15) is 0 Å². The Bertz CT molecular complexity index is 1410. The quantitative estimate of drug-likeness (QED) is 0.194. The highest BCUT2D eigenvalue weighted by molar-refractivity contribution is 5.91. The number of H-pyrrole nitrogens is 1. The number of halogens is 1. The predicted molar refractivity (Wildman–Crippen MR) is 159 cm³/mol. The molecule has 5 N–H and O–H groups in total. The lowest BCUT2D eigenvalue weighted by Crippen LogP contribution is -2.59. The second kappa shape index (κ2) is 14.7. The number of carboxylic acid groups (broad SMARTS) is 1. The topological polar surface area (TPSA) is 150 Å². The number of hydrogen-bond donors (Lipinski definition) is 5. The van der Waals surface area contributed by atoms with E-state index in [1.54, 1.807) is 13.1 Å². The average molecular weight is 595 g/mol.